The van der Waals surface area contributed by atoms with Gasteiger partial charge in [-0.1, -0.05) is 6.07 Å². The molecule has 0 aliphatic carbocycles. The van der Waals surface area contributed by atoms with E-state index in [4.69, 9.17) is 9.47 Å². The summed E-state index contributed by atoms with van der Waals surface area (Å²) in [6.07, 6.45) is 4.61. The molecule has 1 aromatic heterocycles. The molecule has 2 aromatic rings. The standard InChI is InChI=1S/C23H27N3O6S/c27-22-8-6-18(33(29,30)25-9-1-2-10-25)15-24(22)16-23(28)26-11-3-4-19(26)17-5-7-20-21(14-17)32-13-12-31-20/h5-8,14-15,19H,1-4,9-13,16H2/t19-/m1/s1. The Bertz CT molecular complexity index is 1220. The van der Waals surface area contributed by atoms with E-state index >= 15 is 0 Å². The van der Waals surface area contributed by atoms with E-state index in [9.17, 15) is 18.0 Å². The molecular weight excluding hydrogens is 446 g/mol. The number of hydrogen-bond acceptors (Lipinski definition) is 6. The van der Waals surface area contributed by atoms with Crippen LogP contribution in [0.3, 0.4) is 0 Å². The fourth-order valence-corrected chi connectivity index (χ4v) is 6.32. The quantitative estimate of drug-likeness (QED) is 0.657. The van der Waals surface area contributed by atoms with E-state index in [1.165, 1.54) is 27.2 Å². The van der Waals surface area contributed by atoms with Crippen LogP contribution < -0.4 is 15.0 Å². The first kappa shape index (κ1) is 22.0. The lowest BCUT2D eigenvalue weighted by molar-refractivity contribution is -0.132. The number of amides is 1. The first-order valence-electron chi connectivity index (χ1n) is 11.3. The van der Waals surface area contributed by atoms with Crippen molar-refractivity contribution in [2.45, 2.75) is 43.2 Å². The number of carbonyl (C=O) groups excluding carboxylic acids is 1. The molecule has 10 heteroatoms. The Hall–Kier alpha value is -2.85. The normalized spacial score (nSPS) is 20.8. The molecule has 176 valence electrons. The fraction of sp³-hybridized carbons (Fsp3) is 0.478. The maximum Gasteiger partial charge on any atom is 0.251 e. The van der Waals surface area contributed by atoms with E-state index in [-0.39, 0.29) is 23.4 Å². The van der Waals surface area contributed by atoms with E-state index < -0.39 is 15.6 Å². The number of aromatic nitrogens is 1. The summed E-state index contributed by atoms with van der Waals surface area (Å²) < 4.78 is 39.7. The minimum Gasteiger partial charge on any atom is -0.486 e. The highest BCUT2D eigenvalue weighted by atomic mass is 32.2. The third kappa shape index (κ3) is 4.24. The van der Waals surface area contributed by atoms with Gasteiger partial charge in [0.1, 0.15) is 19.8 Å². The topological polar surface area (TPSA) is 98.2 Å². The summed E-state index contributed by atoms with van der Waals surface area (Å²) in [6, 6.07) is 8.14. The molecule has 0 unspecified atom stereocenters. The summed E-state index contributed by atoms with van der Waals surface area (Å²) in [5.41, 5.74) is 0.557. The zero-order valence-electron chi connectivity index (χ0n) is 18.3. The summed E-state index contributed by atoms with van der Waals surface area (Å²) in [7, 11) is -3.67. The van der Waals surface area contributed by atoms with Gasteiger partial charge in [-0.2, -0.15) is 4.31 Å². The molecule has 1 atom stereocenters. The van der Waals surface area contributed by atoms with Crippen LogP contribution in [0.1, 0.15) is 37.3 Å². The Labute approximate surface area is 192 Å². The number of pyridine rings is 1. The molecule has 2 fully saturated rings. The van der Waals surface area contributed by atoms with Gasteiger partial charge >= 0.3 is 0 Å². The predicted octanol–water partition coefficient (Wildman–Crippen LogP) is 1.77. The number of sulfonamides is 1. The molecule has 0 spiro atoms. The predicted molar refractivity (Wildman–Crippen MR) is 120 cm³/mol. The van der Waals surface area contributed by atoms with Crippen molar-refractivity contribution in [2.24, 2.45) is 0 Å². The highest BCUT2D eigenvalue weighted by molar-refractivity contribution is 7.89. The molecular formula is C23H27N3O6S. The highest BCUT2D eigenvalue weighted by Crippen LogP contribution is 2.38. The van der Waals surface area contributed by atoms with Gasteiger partial charge in [-0.3, -0.25) is 9.59 Å². The van der Waals surface area contributed by atoms with Gasteiger partial charge in [0.05, 0.1) is 10.9 Å². The van der Waals surface area contributed by atoms with Crippen LogP contribution in [0.25, 0.3) is 0 Å². The lowest BCUT2D eigenvalue weighted by Crippen LogP contribution is -2.36. The fourth-order valence-electron chi connectivity index (χ4n) is 4.78. The molecule has 4 heterocycles. The molecule has 1 amide bonds. The summed E-state index contributed by atoms with van der Waals surface area (Å²) in [5.74, 6) is 1.16. The third-order valence-electron chi connectivity index (χ3n) is 6.49. The smallest absolute Gasteiger partial charge is 0.251 e. The minimum absolute atomic E-state index is 0.0432. The van der Waals surface area contributed by atoms with E-state index in [1.807, 2.05) is 18.2 Å². The molecule has 5 rings (SSSR count). The van der Waals surface area contributed by atoms with Gasteiger partial charge in [-0.25, -0.2) is 8.42 Å². The van der Waals surface area contributed by atoms with Crippen LogP contribution in [0.2, 0.25) is 0 Å². The number of carbonyl (C=O) groups is 1. The van der Waals surface area contributed by atoms with Crippen molar-refractivity contribution >= 4 is 15.9 Å². The maximum atomic E-state index is 13.2. The molecule has 33 heavy (non-hydrogen) atoms. The van der Waals surface area contributed by atoms with E-state index in [0.29, 0.717) is 44.3 Å². The second kappa shape index (κ2) is 8.83. The number of benzene rings is 1. The summed E-state index contributed by atoms with van der Waals surface area (Å²) in [5, 5.41) is 0. The average molecular weight is 474 g/mol. The van der Waals surface area contributed by atoms with E-state index in [2.05, 4.69) is 0 Å². The van der Waals surface area contributed by atoms with Crippen LogP contribution in [0.15, 0.2) is 46.2 Å². The molecule has 3 aliphatic heterocycles. The Morgan fingerprint density at radius 2 is 1.73 bits per heavy atom. The first-order chi connectivity index (χ1) is 15.9. The molecule has 1 aromatic carbocycles. The summed E-state index contributed by atoms with van der Waals surface area (Å²) in [6.45, 7) is 2.34. The van der Waals surface area contributed by atoms with Gasteiger partial charge in [0.2, 0.25) is 15.9 Å². The van der Waals surface area contributed by atoms with E-state index in [1.54, 1.807) is 4.90 Å². The molecule has 0 N–H and O–H groups in total. The van der Waals surface area contributed by atoms with Crippen molar-refractivity contribution in [2.75, 3.05) is 32.8 Å². The van der Waals surface area contributed by atoms with Crippen molar-refractivity contribution < 1.29 is 22.7 Å². The van der Waals surface area contributed by atoms with Gasteiger partial charge in [-0.15, -0.1) is 0 Å². The molecule has 9 nitrogen and oxygen atoms in total. The Kier molecular flexibility index (Phi) is 5.88. The lowest BCUT2D eigenvalue weighted by atomic mass is 10.0. The lowest BCUT2D eigenvalue weighted by Gasteiger charge is -2.27. The second-order valence-corrected chi connectivity index (χ2v) is 10.5. The number of fused-ring (bicyclic) bond motifs is 1. The molecule has 0 bridgehead atoms. The van der Waals surface area contributed by atoms with Crippen LogP contribution in [0.5, 0.6) is 11.5 Å². The monoisotopic (exact) mass is 473 g/mol. The number of rotatable bonds is 5. The van der Waals surface area contributed by atoms with Crippen LogP contribution in [0, 0.1) is 0 Å². The van der Waals surface area contributed by atoms with Crippen molar-refractivity contribution in [3.63, 3.8) is 0 Å². The number of ether oxygens (including phenoxy) is 2. The second-order valence-electron chi connectivity index (χ2n) is 8.59. The Balaban J connectivity index is 1.36. The molecule has 0 radical (unpaired) electrons. The average Bonchev–Trinajstić information content (AvgIpc) is 3.53. The van der Waals surface area contributed by atoms with Gasteiger partial charge in [-0.05, 0) is 49.4 Å². The van der Waals surface area contributed by atoms with Crippen molar-refractivity contribution in [3.05, 3.63) is 52.4 Å². The summed E-state index contributed by atoms with van der Waals surface area (Å²) in [4.78, 5) is 27.4. The van der Waals surface area contributed by atoms with Gasteiger partial charge in [0.25, 0.3) is 5.56 Å². The largest absolute Gasteiger partial charge is 0.486 e. The minimum atomic E-state index is -3.67. The first-order valence-corrected chi connectivity index (χ1v) is 12.8. The Morgan fingerprint density at radius 1 is 0.970 bits per heavy atom. The number of nitrogens with zero attached hydrogens (tertiary/aromatic N) is 3. The SMILES string of the molecule is O=C(Cn1cc(S(=O)(=O)N2CCCC2)ccc1=O)N1CCC[C@@H]1c1ccc2c(c1)OCCO2. The van der Waals surface area contributed by atoms with Crippen molar-refractivity contribution in [1.82, 2.24) is 13.8 Å². The zero-order valence-corrected chi connectivity index (χ0v) is 19.1. The van der Waals surface area contributed by atoms with E-state index in [0.717, 1.165) is 31.2 Å². The number of hydrogen-bond donors (Lipinski definition) is 0. The molecule has 0 saturated carbocycles. The van der Waals surface area contributed by atoms with Gasteiger partial charge in [0, 0.05) is 31.9 Å². The highest BCUT2D eigenvalue weighted by Gasteiger charge is 2.32. The van der Waals surface area contributed by atoms with Gasteiger partial charge < -0.3 is 18.9 Å². The van der Waals surface area contributed by atoms with Crippen LogP contribution >= 0.6 is 0 Å². The van der Waals surface area contributed by atoms with Crippen LogP contribution in [-0.2, 0) is 21.4 Å². The number of likely N-dealkylation sites (tertiary alicyclic amines) is 1. The van der Waals surface area contributed by atoms with Crippen molar-refractivity contribution in [3.8, 4) is 11.5 Å². The van der Waals surface area contributed by atoms with Crippen LogP contribution in [-0.4, -0.2) is 60.9 Å². The Morgan fingerprint density at radius 3 is 2.52 bits per heavy atom. The molecule has 3 aliphatic rings. The molecule has 2 saturated heterocycles. The third-order valence-corrected chi connectivity index (χ3v) is 8.37. The zero-order chi connectivity index (χ0) is 23.0. The summed E-state index contributed by atoms with van der Waals surface area (Å²) >= 11 is 0. The van der Waals surface area contributed by atoms with Crippen LogP contribution in [0.4, 0.5) is 0 Å². The van der Waals surface area contributed by atoms with Gasteiger partial charge in [0.15, 0.2) is 11.5 Å². The maximum absolute atomic E-state index is 13.2. The van der Waals surface area contributed by atoms with Crippen molar-refractivity contribution in [1.29, 1.82) is 0 Å².